The molecule has 174 valence electrons. The molecule has 0 N–H and O–H groups in total. The highest BCUT2D eigenvalue weighted by atomic mass is 32.2. The maximum Gasteiger partial charge on any atom is 0.330 e. The number of rotatable bonds is 10. The van der Waals surface area contributed by atoms with E-state index < -0.39 is 15.8 Å². The van der Waals surface area contributed by atoms with Gasteiger partial charge in [-0.2, -0.15) is 4.98 Å². The van der Waals surface area contributed by atoms with Crippen molar-refractivity contribution in [2.75, 3.05) is 38.8 Å². The van der Waals surface area contributed by atoms with Crippen molar-refractivity contribution in [3.05, 3.63) is 47.6 Å². The fourth-order valence-corrected chi connectivity index (χ4v) is 4.16. The van der Waals surface area contributed by atoms with Gasteiger partial charge in [0.2, 0.25) is 0 Å². The van der Waals surface area contributed by atoms with Gasteiger partial charge in [-0.05, 0) is 62.7 Å². The van der Waals surface area contributed by atoms with Gasteiger partial charge in [0, 0.05) is 18.2 Å². The molecule has 2 heterocycles. The number of sulfone groups is 1. The molecule has 0 unspecified atom stereocenters. The number of aromatic nitrogens is 2. The number of nitrogens with zero attached hydrogens (tertiary/aromatic N) is 3. The highest BCUT2D eigenvalue weighted by molar-refractivity contribution is 7.90. The number of ether oxygens (including phenoxy) is 2. The lowest BCUT2D eigenvalue weighted by molar-refractivity contribution is -0.134. The van der Waals surface area contributed by atoms with E-state index in [1.54, 1.807) is 18.2 Å². The first kappa shape index (κ1) is 23.9. The predicted molar refractivity (Wildman–Crippen MR) is 119 cm³/mol. The molecule has 1 aromatic heterocycles. The Kier molecular flexibility index (Phi) is 8.40. The van der Waals surface area contributed by atoms with Gasteiger partial charge in [0.05, 0.1) is 12.9 Å². The first-order chi connectivity index (χ1) is 15.3. The molecule has 0 radical (unpaired) electrons. The SMILES string of the molecule is COC(=O)C=Cc1ccc(OCc2nc(C3CCN(CCCS(C)(=O)=O)CC3)no2)cc1. The number of piperidine rings is 1. The summed E-state index contributed by atoms with van der Waals surface area (Å²) >= 11 is 0. The van der Waals surface area contributed by atoms with E-state index in [0.29, 0.717) is 23.9 Å². The van der Waals surface area contributed by atoms with Gasteiger partial charge in [-0.25, -0.2) is 13.2 Å². The first-order valence-electron chi connectivity index (χ1n) is 10.5. The van der Waals surface area contributed by atoms with E-state index in [0.717, 1.165) is 38.0 Å². The second kappa shape index (κ2) is 11.2. The summed E-state index contributed by atoms with van der Waals surface area (Å²) in [6, 6.07) is 7.26. The minimum Gasteiger partial charge on any atom is -0.484 e. The van der Waals surface area contributed by atoms with Crippen LogP contribution in [0.4, 0.5) is 0 Å². The van der Waals surface area contributed by atoms with Gasteiger partial charge < -0.3 is 18.9 Å². The van der Waals surface area contributed by atoms with Gasteiger partial charge in [0.15, 0.2) is 12.4 Å². The van der Waals surface area contributed by atoms with Crippen molar-refractivity contribution in [1.29, 1.82) is 0 Å². The molecule has 0 atom stereocenters. The number of carbonyl (C=O) groups is 1. The zero-order chi connectivity index (χ0) is 23.0. The van der Waals surface area contributed by atoms with Gasteiger partial charge in [-0.3, -0.25) is 0 Å². The maximum absolute atomic E-state index is 11.3. The smallest absolute Gasteiger partial charge is 0.330 e. The zero-order valence-electron chi connectivity index (χ0n) is 18.4. The van der Waals surface area contributed by atoms with Crippen molar-refractivity contribution < 1.29 is 27.2 Å². The van der Waals surface area contributed by atoms with Crippen molar-refractivity contribution in [2.24, 2.45) is 0 Å². The van der Waals surface area contributed by atoms with E-state index in [2.05, 4.69) is 19.8 Å². The van der Waals surface area contributed by atoms with Gasteiger partial charge in [-0.1, -0.05) is 17.3 Å². The molecule has 0 bridgehead atoms. The molecule has 1 aliphatic rings. The molecule has 0 spiro atoms. The van der Waals surface area contributed by atoms with Crippen molar-refractivity contribution >= 4 is 21.9 Å². The Balaban J connectivity index is 1.42. The standard InChI is InChI=1S/C22H29N3O6S/c1-29-21(26)9-6-17-4-7-19(8-5-17)30-16-20-23-22(24-31-20)18-10-13-25(14-11-18)12-3-15-32(2,27)28/h4-9,18H,3,10-16H2,1-2H3. The van der Waals surface area contributed by atoms with E-state index >= 15 is 0 Å². The van der Waals surface area contributed by atoms with Gasteiger partial charge in [-0.15, -0.1) is 0 Å². The average molecular weight is 464 g/mol. The van der Waals surface area contributed by atoms with E-state index in [9.17, 15) is 13.2 Å². The van der Waals surface area contributed by atoms with Crippen LogP contribution in [0.5, 0.6) is 5.75 Å². The summed E-state index contributed by atoms with van der Waals surface area (Å²) in [5.41, 5.74) is 0.852. The molecular weight excluding hydrogens is 434 g/mol. The molecule has 0 aliphatic carbocycles. The van der Waals surface area contributed by atoms with Crippen LogP contribution in [-0.4, -0.2) is 68.2 Å². The molecule has 10 heteroatoms. The van der Waals surface area contributed by atoms with Crippen LogP contribution in [0.15, 0.2) is 34.9 Å². The Bertz CT molecular complexity index is 1010. The summed E-state index contributed by atoms with van der Waals surface area (Å²) in [5, 5.41) is 4.12. The lowest BCUT2D eigenvalue weighted by Crippen LogP contribution is -2.34. The van der Waals surface area contributed by atoms with Crippen LogP contribution in [0, 0.1) is 0 Å². The fraction of sp³-hybridized carbons (Fsp3) is 0.500. The minimum atomic E-state index is -2.90. The van der Waals surface area contributed by atoms with Crippen LogP contribution in [0.25, 0.3) is 6.08 Å². The van der Waals surface area contributed by atoms with Crippen LogP contribution in [-0.2, 0) is 26.0 Å². The number of hydrogen-bond acceptors (Lipinski definition) is 9. The second-order valence-corrected chi connectivity index (χ2v) is 10.1. The van der Waals surface area contributed by atoms with Crippen LogP contribution < -0.4 is 4.74 Å². The third kappa shape index (κ3) is 7.76. The third-order valence-corrected chi connectivity index (χ3v) is 6.31. The van der Waals surface area contributed by atoms with E-state index in [1.807, 2.05) is 12.1 Å². The lowest BCUT2D eigenvalue weighted by Gasteiger charge is -2.30. The quantitative estimate of drug-likeness (QED) is 0.387. The summed E-state index contributed by atoms with van der Waals surface area (Å²) in [6.07, 6.45) is 6.79. The van der Waals surface area contributed by atoms with Crippen LogP contribution in [0.2, 0.25) is 0 Å². The summed E-state index contributed by atoms with van der Waals surface area (Å²) in [7, 11) is -1.57. The minimum absolute atomic E-state index is 0.175. The van der Waals surface area contributed by atoms with Gasteiger partial charge in [0.25, 0.3) is 5.89 Å². The molecule has 9 nitrogen and oxygen atoms in total. The van der Waals surface area contributed by atoms with Crippen molar-refractivity contribution in [1.82, 2.24) is 15.0 Å². The molecule has 32 heavy (non-hydrogen) atoms. The zero-order valence-corrected chi connectivity index (χ0v) is 19.2. The highest BCUT2D eigenvalue weighted by Gasteiger charge is 2.24. The van der Waals surface area contributed by atoms with Gasteiger partial charge >= 0.3 is 5.97 Å². The Morgan fingerprint density at radius 2 is 1.97 bits per heavy atom. The Morgan fingerprint density at radius 3 is 2.62 bits per heavy atom. The fourth-order valence-electron chi connectivity index (χ4n) is 3.51. The lowest BCUT2D eigenvalue weighted by atomic mass is 9.96. The topological polar surface area (TPSA) is 112 Å². The van der Waals surface area contributed by atoms with Crippen LogP contribution >= 0.6 is 0 Å². The largest absolute Gasteiger partial charge is 0.484 e. The molecule has 1 aliphatic heterocycles. The second-order valence-electron chi connectivity index (χ2n) is 7.86. The Hall–Kier alpha value is -2.72. The normalized spacial score (nSPS) is 15.8. The average Bonchev–Trinajstić information content (AvgIpc) is 3.25. The number of carbonyl (C=O) groups excluding carboxylic acids is 1. The number of hydrogen-bond donors (Lipinski definition) is 0. The predicted octanol–water partition coefficient (Wildman–Crippen LogP) is 2.45. The number of methoxy groups -OCH3 is 1. The van der Waals surface area contributed by atoms with Crippen LogP contribution in [0.1, 0.15) is 42.5 Å². The molecule has 1 aromatic carbocycles. The Morgan fingerprint density at radius 1 is 1.25 bits per heavy atom. The van der Waals surface area contributed by atoms with E-state index in [1.165, 1.54) is 19.4 Å². The van der Waals surface area contributed by atoms with E-state index in [4.69, 9.17) is 9.26 Å². The molecule has 3 rings (SSSR count). The van der Waals surface area contributed by atoms with E-state index in [-0.39, 0.29) is 18.3 Å². The molecule has 0 saturated carbocycles. The molecule has 0 amide bonds. The summed E-state index contributed by atoms with van der Waals surface area (Å²) in [5.74, 6) is 1.83. The maximum atomic E-state index is 11.3. The number of likely N-dealkylation sites (tertiary alicyclic amines) is 1. The van der Waals surface area contributed by atoms with Crippen molar-refractivity contribution in [3.63, 3.8) is 0 Å². The molecular formula is C22H29N3O6S. The number of esters is 1. The molecule has 2 aromatic rings. The molecule has 1 fully saturated rings. The summed E-state index contributed by atoms with van der Waals surface area (Å²) in [6.45, 7) is 2.76. The van der Waals surface area contributed by atoms with Crippen molar-refractivity contribution in [3.8, 4) is 5.75 Å². The summed E-state index contributed by atoms with van der Waals surface area (Å²) in [4.78, 5) is 17.9. The first-order valence-corrected chi connectivity index (χ1v) is 12.6. The molecule has 1 saturated heterocycles. The number of benzene rings is 1. The van der Waals surface area contributed by atoms with Crippen LogP contribution in [0.3, 0.4) is 0 Å². The summed E-state index contributed by atoms with van der Waals surface area (Å²) < 4.78 is 38.1. The third-order valence-electron chi connectivity index (χ3n) is 5.28. The highest BCUT2D eigenvalue weighted by Crippen LogP contribution is 2.26. The monoisotopic (exact) mass is 463 g/mol. The van der Waals surface area contributed by atoms with Gasteiger partial charge in [0.1, 0.15) is 15.6 Å². The Labute approximate surface area is 188 Å². The van der Waals surface area contributed by atoms with Crippen molar-refractivity contribution in [2.45, 2.75) is 31.8 Å².